The molecule has 2 nitrogen and oxygen atoms in total. The molecule has 16 heavy (non-hydrogen) atoms. The lowest BCUT2D eigenvalue weighted by Gasteiger charge is -2.05. The van der Waals surface area contributed by atoms with E-state index in [1.165, 1.54) is 0 Å². The van der Waals surface area contributed by atoms with Crippen LogP contribution in [0, 0.1) is 17.4 Å². The molecule has 1 radical (unpaired) electrons. The quantitative estimate of drug-likeness (QED) is 0.783. The molecule has 0 aliphatic heterocycles. The van der Waals surface area contributed by atoms with Crippen LogP contribution in [-0.4, -0.2) is 0 Å². The summed E-state index contributed by atoms with van der Waals surface area (Å²) in [6.45, 7) is 0. The summed E-state index contributed by atoms with van der Waals surface area (Å²) in [4.78, 5) is 0. The molecule has 0 spiro atoms. The Morgan fingerprint density at radius 2 is 1.88 bits per heavy atom. The van der Waals surface area contributed by atoms with Crippen LogP contribution in [0.4, 0.5) is 0 Å². The van der Waals surface area contributed by atoms with Gasteiger partial charge >= 0.3 is 0 Å². The van der Waals surface area contributed by atoms with Crippen molar-refractivity contribution >= 4 is 11.6 Å². The summed E-state index contributed by atoms with van der Waals surface area (Å²) in [5.41, 5.74) is 0.603. The van der Waals surface area contributed by atoms with Gasteiger partial charge in [-0.3, -0.25) is 0 Å². The summed E-state index contributed by atoms with van der Waals surface area (Å²) in [5.74, 6) is 1.31. The van der Waals surface area contributed by atoms with Crippen LogP contribution in [0.3, 0.4) is 0 Å². The summed E-state index contributed by atoms with van der Waals surface area (Å²) in [7, 11) is 0. The normalized spacial score (nSPS) is 9.50. The van der Waals surface area contributed by atoms with E-state index >= 15 is 0 Å². The number of halogens is 1. The minimum absolute atomic E-state index is 0.506. The van der Waals surface area contributed by atoms with Gasteiger partial charge in [0.05, 0.1) is 16.7 Å². The van der Waals surface area contributed by atoms with Gasteiger partial charge in [-0.15, -0.1) is 0 Å². The van der Waals surface area contributed by atoms with Crippen LogP contribution < -0.4 is 4.74 Å². The van der Waals surface area contributed by atoms with Gasteiger partial charge in [-0.25, -0.2) is 0 Å². The molecule has 0 aliphatic carbocycles. The molecule has 0 N–H and O–H groups in total. The minimum atomic E-state index is 0.506. The van der Waals surface area contributed by atoms with Gasteiger partial charge in [0, 0.05) is 12.1 Å². The third kappa shape index (κ3) is 2.53. The number of rotatable bonds is 2. The second-order valence-electron chi connectivity index (χ2n) is 3.11. The van der Waals surface area contributed by atoms with Crippen molar-refractivity contribution in [3.05, 3.63) is 59.1 Å². The molecule has 0 bridgehead atoms. The molecule has 0 unspecified atom stereocenters. The van der Waals surface area contributed by atoms with Crippen LogP contribution in [0.5, 0.6) is 11.5 Å². The van der Waals surface area contributed by atoms with Gasteiger partial charge in [-0.2, -0.15) is 5.26 Å². The molecular weight excluding hydrogens is 222 g/mol. The largest absolute Gasteiger partial charge is 0.457 e. The first-order valence-electron chi connectivity index (χ1n) is 4.63. The molecule has 0 atom stereocenters. The van der Waals surface area contributed by atoms with Crippen molar-refractivity contribution in [2.45, 2.75) is 0 Å². The highest BCUT2D eigenvalue weighted by molar-refractivity contribution is 6.30. The van der Waals surface area contributed by atoms with E-state index in [-0.39, 0.29) is 0 Å². The number of hydrogen-bond donors (Lipinski definition) is 0. The van der Waals surface area contributed by atoms with Crippen LogP contribution in [0.15, 0.2) is 42.5 Å². The molecule has 3 heteroatoms. The zero-order chi connectivity index (χ0) is 11.4. The van der Waals surface area contributed by atoms with Gasteiger partial charge in [0.1, 0.15) is 11.5 Å². The maximum atomic E-state index is 8.64. The van der Waals surface area contributed by atoms with Crippen LogP contribution in [0.1, 0.15) is 5.56 Å². The highest BCUT2D eigenvalue weighted by Gasteiger charge is 1.98. The highest BCUT2D eigenvalue weighted by Crippen LogP contribution is 2.23. The zero-order valence-electron chi connectivity index (χ0n) is 8.27. The van der Waals surface area contributed by atoms with E-state index in [1.54, 1.807) is 42.5 Å². The number of nitriles is 1. The Labute approximate surface area is 98.7 Å². The van der Waals surface area contributed by atoms with Crippen LogP contribution in [-0.2, 0) is 0 Å². The van der Waals surface area contributed by atoms with E-state index in [0.29, 0.717) is 22.1 Å². The molecule has 0 heterocycles. The van der Waals surface area contributed by atoms with Gasteiger partial charge in [-0.05, 0) is 36.4 Å². The SMILES string of the molecule is N#Cc1ccc(Oc2cc[c]c(Cl)c2)cc1. The van der Waals surface area contributed by atoms with Crippen LogP contribution in [0.25, 0.3) is 0 Å². The summed E-state index contributed by atoms with van der Waals surface area (Å²) < 4.78 is 5.54. The Bertz CT molecular complexity index is 528. The number of nitrogens with zero attached hydrogens (tertiary/aromatic N) is 1. The number of benzene rings is 2. The van der Waals surface area contributed by atoms with E-state index in [4.69, 9.17) is 21.6 Å². The fourth-order valence-electron chi connectivity index (χ4n) is 1.22. The molecule has 2 rings (SSSR count). The summed E-state index contributed by atoms with van der Waals surface area (Å²) in [5, 5.41) is 9.15. The predicted molar refractivity (Wildman–Crippen MR) is 61.5 cm³/mol. The second kappa shape index (κ2) is 4.69. The van der Waals surface area contributed by atoms with Crippen molar-refractivity contribution in [1.82, 2.24) is 0 Å². The molecule has 0 saturated heterocycles. The Morgan fingerprint density at radius 3 is 2.50 bits per heavy atom. The molecule has 0 amide bonds. The van der Waals surface area contributed by atoms with Crippen molar-refractivity contribution in [3.8, 4) is 17.6 Å². The van der Waals surface area contributed by atoms with E-state index in [2.05, 4.69) is 6.07 Å². The standard InChI is InChI=1S/C13H7ClNO/c14-11-2-1-3-13(8-11)16-12-6-4-10(9-15)5-7-12/h1,3-8H. The third-order valence-electron chi connectivity index (χ3n) is 1.96. The predicted octanol–water partition coefficient (Wildman–Crippen LogP) is 3.80. The maximum absolute atomic E-state index is 8.64. The van der Waals surface area contributed by atoms with E-state index in [0.717, 1.165) is 0 Å². The van der Waals surface area contributed by atoms with Crippen LogP contribution >= 0.6 is 11.6 Å². The fourth-order valence-corrected chi connectivity index (χ4v) is 1.39. The topological polar surface area (TPSA) is 33.0 Å². The average molecular weight is 229 g/mol. The molecular formula is C13H7ClNO. The highest BCUT2D eigenvalue weighted by atomic mass is 35.5. The zero-order valence-corrected chi connectivity index (χ0v) is 9.03. The fraction of sp³-hybridized carbons (Fsp3) is 0. The van der Waals surface area contributed by atoms with Gasteiger partial charge in [0.25, 0.3) is 0 Å². The van der Waals surface area contributed by atoms with E-state index in [1.807, 2.05) is 6.07 Å². The van der Waals surface area contributed by atoms with E-state index < -0.39 is 0 Å². The molecule has 2 aromatic carbocycles. The average Bonchev–Trinajstić information content (AvgIpc) is 2.30. The van der Waals surface area contributed by atoms with Crippen molar-refractivity contribution in [3.63, 3.8) is 0 Å². The molecule has 0 aromatic heterocycles. The summed E-state index contributed by atoms with van der Waals surface area (Å²) in [6.07, 6.45) is 0. The van der Waals surface area contributed by atoms with Gasteiger partial charge < -0.3 is 4.74 Å². The first kappa shape index (κ1) is 10.5. The molecule has 77 valence electrons. The third-order valence-corrected chi connectivity index (χ3v) is 2.18. The first-order chi connectivity index (χ1) is 7.78. The lowest BCUT2D eigenvalue weighted by Crippen LogP contribution is -1.84. The van der Waals surface area contributed by atoms with Gasteiger partial charge in [0.15, 0.2) is 0 Å². The number of hydrogen-bond acceptors (Lipinski definition) is 2. The van der Waals surface area contributed by atoms with Crippen molar-refractivity contribution < 1.29 is 4.74 Å². The number of ether oxygens (including phenoxy) is 1. The van der Waals surface area contributed by atoms with Crippen molar-refractivity contribution in [2.75, 3.05) is 0 Å². The Morgan fingerprint density at radius 1 is 1.12 bits per heavy atom. The monoisotopic (exact) mass is 228 g/mol. The van der Waals surface area contributed by atoms with Gasteiger partial charge in [0.2, 0.25) is 0 Å². The maximum Gasteiger partial charge on any atom is 0.128 e. The first-order valence-corrected chi connectivity index (χ1v) is 5.01. The molecule has 0 aliphatic rings. The molecule has 2 aromatic rings. The second-order valence-corrected chi connectivity index (χ2v) is 3.52. The van der Waals surface area contributed by atoms with Crippen molar-refractivity contribution in [2.24, 2.45) is 0 Å². The smallest absolute Gasteiger partial charge is 0.128 e. The molecule has 0 fully saturated rings. The van der Waals surface area contributed by atoms with Crippen LogP contribution in [0.2, 0.25) is 5.02 Å². The summed E-state index contributed by atoms with van der Waals surface area (Å²) >= 11 is 5.78. The summed E-state index contributed by atoms with van der Waals surface area (Å²) in [6, 6.07) is 16.9. The Kier molecular flexibility index (Phi) is 3.09. The lowest BCUT2D eigenvalue weighted by molar-refractivity contribution is 0.482. The van der Waals surface area contributed by atoms with E-state index in [9.17, 15) is 0 Å². The van der Waals surface area contributed by atoms with Crippen molar-refractivity contribution in [1.29, 1.82) is 5.26 Å². The van der Waals surface area contributed by atoms with Gasteiger partial charge in [-0.1, -0.05) is 11.6 Å². The Balaban J connectivity index is 2.18. The Hall–Kier alpha value is -1.98. The lowest BCUT2D eigenvalue weighted by atomic mass is 10.2. The minimum Gasteiger partial charge on any atom is -0.457 e. The molecule has 0 saturated carbocycles.